The zero-order valence-electron chi connectivity index (χ0n) is 18.9. The van der Waals surface area contributed by atoms with Crippen molar-refractivity contribution < 1.29 is 24.2 Å². The molecule has 0 bridgehead atoms. The molecule has 34 heavy (non-hydrogen) atoms. The fourth-order valence-corrected chi connectivity index (χ4v) is 4.29. The Hall–Kier alpha value is -3.84. The summed E-state index contributed by atoms with van der Waals surface area (Å²) < 4.78 is 15.6. The minimum atomic E-state index is -1.26. The average molecular weight is 461 g/mol. The summed E-state index contributed by atoms with van der Waals surface area (Å²) in [6.45, 7) is 4.06. The lowest BCUT2D eigenvalue weighted by Gasteiger charge is -2.08. The summed E-state index contributed by atoms with van der Waals surface area (Å²) in [5.74, 6) is -1.86. The molecule has 2 aromatic heterocycles. The van der Waals surface area contributed by atoms with Gasteiger partial charge in [-0.1, -0.05) is 50.2 Å². The first-order valence-corrected chi connectivity index (χ1v) is 11.0. The number of ketones is 1. The van der Waals surface area contributed by atoms with Crippen LogP contribution in [-0.2, 0) is 9.59 Å². The predicted octanol–water partition coefficient (Wildman–Crippen LogP) is 5.23. The SMILES string of the molecule is CC(C)c1c(C=CC(=O)CC(O)CC(=O)O)c(-c2ccc(F)cc2)c2c3ccccc3cnn12. The van der Waals surface area contributed by atoms with E-state index >= 15 is 0 Å². The molecular formula is C27H25FN2O4. The zero-order valence-corrected chi connectivity index (χ0v) is 18.9. The molecule has 0 saturated heterocycles. The predicted molar refractivity (Wildman–Crippen MR) is 129 cm³/mol. The van der Waals surface area contributed by atoms with E-state index in [-0.39, 0.29) is 23.9 Å². The number of fused-ring (bicyclic) bond motifs is 3. The number of benzene rings is 2. The van der Waals surface area contributed by atoms with Crippen LogP contribution in [-0.4, -0.2) is 37.7 Å². The van der Waals surface area contributed by atoms with Gasteiger partial charge in [0, 0.05) is 28.3 Å². The molecule has 174 valence electrons. The molecule has 1 atom stereocenters. The third-order valence-corrected chi connectivity index (χ3v) is 5.71. The van der Waals surface area contributed by atoms with Crippen LogP contribution in [0.4, 0.5) is 4.39 Å². The normalized spacial score (nSPS) is 12.7. The fourth-order valence-electron chi connectivity index (χ4n) is 4.29. The molecule has 4 rings (SSSR count). The Morgan fingerprint density at radius 2 is 1.79 bits per heavy atom. The van der Waals surface area contributed by atoms with Gasteiger partial charge in [-0.05, 0) is 35.8 Å². The number of nitrogens with zero attached hydrogens (tertiary/aromatic N) is 2. The summed E-state index contributed by atoms with van der Waals surface area (Å²) in [4.78, 5) is 23.3. The fraction of sp³-hybridized carbons (Fsp3) is 0.222. The summed E-state index contributed by atoms with van der Waals surface area (Å²) >= 11 is 0. The summed E-state index contributed by atoms with van der Waals surface area (Å²) in [7, 11) is 0. The summed E-state index contributed by atoms with van der Waals surface area (Å²) in [6, 6.07) is 14.1. The Labute approximate surface area is 196 Å². The second kappa shape index (κ2) is 9.57. The van der Waals surface area contributed by atoms with E-state index in [9.17, 15) is 19.1 Å². The Bertz CT molecular complexity index is 1400. The number of carbonyl (C=O) groups excluding carboxylic acids is 1. The number of aliphatic hydroxyl groups is 1. The van der Waals surface area contributed by atoms with Crippen molar-refractivity contribution in [2.45, 2.75) is 38.7 Å². The van der Waals surface area contributed by atoms with Crippen LogP contribution in [0.5, 0.6) is 0 Å². The quantitative estimate of drug-likeness (QED) is 0.352. The highest BCUT2D eigenvalue weighted by atomic mass is 19.1. The summed E-state index contributed by atoms with van der Waals surface area (Å²) in [6.07, 6.45) is 2.80. The molecular weight excluding hydrogens is 435 g/mol. The largest absolute Gasteiger partial charge is 0.481 e. The second-order valence-electron chi connectivity index (χ2n) is 8.58. The molecule has 0 saturated carbocycles. The molecule has 2 aromatic carbocycles. The summed E-state index contributed by atoms with van der Waals surface area (Å²) in [5.41, 5.74) is 4.11. The molecule has 2 heterocycles. The van der Waals surface area contributed by atoms with Gasteiger partial charge in [-0.25, -0.2) is 8.91 Å². The monoisotopic (exact) mass is 460 g/mol. The van der Waals surface area contributed by atoms with Crippen molar-refractivity contribution in [2.75, 3.05) is 0 Å². The van der Waals surface area contributed by atoms with Crippen molar-refractivity contribution in [3.8, 4) is 11.1 Å². The second-order valence-corrected chi connectivity index (χ2v) is 8.58. The third kappa shape index (κ3) is 4.61. The van der Waals surface area contributed by atoms with Crippen molar-refractivity contribution in [1.82, 2.24) is 9.61 Å². The molecule has 4 aromatic rings. The standard InChI is InChI=1S/C27H25FN2O4/c1-16(2)26-23(12-11-20(31)13-21(32)14-24(33)34)25(17-7-9-19(28)10-8-17)27-22-6-4-3-5-18(22)15-29-30(26)27/h3-12,15-16,21,32H,13-14H2,1-2H3,(H,33,34). The topological polar surface area (TPSA) is 91.9 Å². The number of allylic oxidation sites excluding steroid dienone is 1. The van der Waals surface area contributed by atoms with Crippen LogP contribution >= 0.6 is 0 Å². The van der Waals surface area contributed by atoms with Crippen LogP contribution in [0.3, 0.4) is 0 Å². The van der Waals surface area contributed by atoms with Crippen LogP contribution in [0, 0.1) is 5.82 Å². The number of rotatable bonds is 8. The smallest absolute Gasteiger partial charge is 0.305 e. The van der Waals surface area contributed by atoms with Gasteiger partial charge in [-0.2, -0.15) is 5.10 Å². The number of carboxylic acid groups (broad SMARTS) is 1. The molecule has 0 fully saturated rings. The Balaban J connectivity index is 1.94. The van der Waals surface area contributed by atoms with Crippen LogP contribution in [0.25, 0.3) is 33.5 Å². The van der Waals surface area contributed by atoms with Gasteiger partial charge in [-0.3, -0.25) is 9.59 Å². The number of carboxylic acids is 1. The number of aliphatic carboxylic acids is 1. The Morgan fingerprint density at radius 1 is 1.09 bits per heavy atom. The van der Waals surface area contributed by atoms with Crippen LogP contribution in [0.2, 0.25) is 0 Å². The first-order valence-electron chi connectivity index (χ1n) is 11.0. The van der Waals surface area contributed by atoms with Crippen molar-refractivity contribution in [2.24, 2.45) is 0 Å². The minimum Gasteiger partial charge on any atom is -0.481 e. The lowest BCUT2D eigenvalue weighted by molar-refractivity contribution is -0.139. The molecule has 2 N–H and O–H groups in total. The first kappa shape index (κ1) is 23.3. The number of halogens is 1. The Morgan fingerprint density at radius 3 is 2.47 bits per heavy atom. The van der Waals surface area contributed by atoms with Crippen molar-refractivity contribution >= 4 is 34.1 Å². The molecule has 6 nitrogen and oxygen atoms in total. The highest BCUT2D eigenvalue weighted by Crippen LogP contribution is 2.40. The van der Waals surface area contributed by atoms with Gasteiger partial charge in [0.2, 0.25) is 0 Å². The molecule has 0 radical (unpaired) electrons. The van der Waals surface area contributed by atoms with Crippen molar-refractivity contribution in [3.63, 3.8) is 0 Å². The van der Waals surface area contributed by atoms with Gasteiger partial charge in [-0.15, -0.1) is 0 Å². The average Bonchev–Trinajstić information content (AvgIpc) is 3.12. The van der Waals surface area contributed by atoms with Crippen LogP contribution in [0.1, 0.15) is 43.9 Å². The number of carbonyl (C=O) groups is 2. The van der Waals surface area contributed by atoms with Crippen molar-refractivity contribution in [3.05, 3.63) is 77.9 Å². The van der Waals surface area contributed by atoms with Gasteiger partial charge in [0.25, 0.3) is 0 Å². The molecule has 1 unspecified atom stereocenters. The van der Waals surface area contributed by atoms with E-state index in [2.05, 4.69) is 5.10 Å². The van der Waals surface area contributed by atoms with Crippen LogP contribution < -0.4 is 0 Å². The van der Waals surface area contributed by atoms with Gasteiger partial charge >= 0.3 is 5.97 Å². The molecule has 0 spiro atoms. The highest BCUT2D eigenvalue weighted by Gasteiger charge is 2.23. The molecule has 0 aliphatic carbocycles. The number of hydrogen-bond acceptors (Lipinski definition) is 4. The first-order chi connectivity index (χ1) is 16.3. The maximum atomic E-state index is 13.7. The minimum absolute atomic E-state index is 0.0442. The van der Waals surface area contributed by atoms with E-state index in [1.54, 1.807) is 24.4 Å². The number of aromatic nitrogens is 2. The Kier molecular flexibility index (Phi) is 6.56. The summed E-state index contributed by atoms with van der Waals surface area (Å²) in [5, 5.41) is 25.3. The van der Waals surface area contributed by atoms with E-state index in [1.165, 1.54) is 18.2 Å². The number of aliphatic hydroxyl groups excluding tert-OH is 1. The number of hydrogen-bond donors (Lipinski definition) is 2. The molecule has 0 aliphatic heterocycles. The van der Waals surface area contributed by atoms with Gasteiger partial charge in [0.05, 0.1) is 29.9 Å². The van der Waals surface area contributed by atoms with E-state index in [4.69, 9.17) is 5.11 Å². The van der Waals surface area contributed by atoms with Gasteiger partial charge in [0.1, 0.15) is 5.82 Å². The maximum absolute atomic E-state index is 13.7. The molecule has 0 amide bonds. The van der Waals surface area contributed by atoms with Crippen molar-refractivity contribution in [1.29, 1.82) is 0 Å². The lowest BCUT2D eigenvalue weighted by Crippen LogP contribution is -2.16. The van der Waals surface area contributed by atoms with Gasteiger partial charge in [0.15, 0.2) is 5.78 Å². The van der Waals surface area contributed by atoms with Crippen LogP contribution in [0.15, 0.2) is 60.8 Å². The maximum Gasteiger partial charge on any atom is 0.305 e. The van der Waals surface area contributed by atoms with Gasteiger partial charge < -0.3 is 10.2 Å². The highest BCUT2D eigenvalue weighted by molar-refractivity contribution is 6.07. The zero-order chi connectivity index (χ0) is 24.4. The molecule has 0 aliphatic rings. The van der Waals surface area contributed by atoms with E-state index < -0.39 is 18.5 Å². The lowest BCUT2D eigenvalue weighted by atomic mass is 9.95. The van der Waals surface area contributed by atoms with E-state index in [0.29, 0.717) is 0 Å². The molecule has 7 heteroatoms. The third-order valence-electron chi connectivity index (χ3n) is 5.71. The van der Waals surface area contributed by atoms with E-state index in [1.807, 2.05) is 42.6 Å². The van der Waals surface area contributed by atoms with E-state index in [0.717, 1.165) is 38.7 Å².